The van der Waals surface area contributed by atoms with Crippen LogP contribution in [0.15, 0.2) is 24.4 Å². The molecule has 1 unspecified atom stereocenters. The van der Waals surface area contributed by atoms with Gasteiger partial charge < -0.3 is 11.1 Å². The van der Waals surface area contributed by atoms with Gasteiger partial charge in [-0.05, 0) is 19.1 Å². The number of anilines is 1. The van der Waals surface area contributed by atoms with E-state index in [9.17, 15) is 27.2 Å². The van der Waals surface area contributed by atoms with Gasteiger partial charge in [-0.15, -0.1) is 0 Å². The van der Waals surface area contributed by atoms with Crippen molar-refractivity contribution in [1.29, 1.82) is 0 Å². The number of nitrogens with zero attached hydrogens (tertiary/aromatic N) is 1. The Morgan fingerprint density at radius 1 is 1.22 bits per heavy atom. The van der Waals surface area contributed by atoms with Crippen LogP contribution in [0, 0.1) is 5.82 Å². The highest BCUT2D eigenvalue weighted by molar-refractivity contribution is 6.39. The molecule has 0 aliphatic carbocycles. The summed E-state index contributed by atoms with van der Waals surface area (Å²) in [5.41, 5.74) is 1.86. The highest BCUT2D eigenvalue weighted by Crippen LogP contribution is 2.39. The summed E-state index contributed by atoms with van der Waals surface area (Å²) in [6.07, 6.45) is -4.40. The Hall–Kier alpha value is -2.23. The van der Waals surface area contributed by atoms with E-state index in [2.05, 4.69) is 10.3 Å². The lowest BCUT2D eigenvalue weighted by Gasteiger charge is -2.17. The predicted molar refractivity (Wildman–Crippen MR) is 91.4 cm³/mol. The first-order chi connectivity index (χ1) is 12.4. The van der Waals surface area contributed by atoms with Crippen molar-refractivity contribution in [2.24, 2.45) is 5.73 Å². The normalized spacial score (nSPS) is 12.6. The minimum atomic E-state index is -4.99. The number of nitrogens with two attached hydrogens (primary N) is 1. The molecule has 0 bridgehead atoms. The second-order valence-corrected chi connectivity index (χ2v) is 6.20. The number of pyridine rings is 1. The number of hydrogen-bond donors (Lipinski definition) is 2. The van der Waals surface area contributed by atoms with Crippen LogP contribution in [0.5, 0.6) is 0 Å². The van der Waals surface area contributed by atoms with E-state index in [0.717, 1.165) is 6.07 Å². The summed E-state index contributed by atoms with van der Waals surface area (Å²) in [6.45, 7) is 1.31. The van der Waals surface area contributed by atoms with E-state index < -0.39 is 57.3 Å². The first kappa shape index (κ1) is 21.1. The minimum Gasteiger partial charge on any atom is -0.323 e. The Labute approximate surface area is 160 Å². The number of amides is 1. The Morgan fingerprint density at radius 3 is 2.37 bits per heavy atom. The number of aromatic nitrogens is 1. The van der Waals surface area contributed by atoms with Gasteiger partial charge in [-0.2, -0.15) is 13.2 Å². The molecule has 1 atom stereocenters. The number of halogens is 6. The first-order valence-electron chi connectivity index (χ1n) is 7.26. The van der Waals surface area contributed by atoms with Crippen LogP contribution in [-0.2, 0) is 11.0 Å². The molecule has 2 aromatic rings. The fourth-order valence-electron chi connectivity index (χ4n) is 2.09. The van der Waals surface area contributed by atoms with Crippen LogP contribution in [0.1, 0.15) is 28.5 Å². The van der Waals surface area contributed by atoms with E-state index in [-0.39, 0.29) is 5.02 Å². The molecule has 144 valence electrons. The van der Waals surface area contributed by atoms with Gasteiger partial charge in [-0.1, -0.05) is 29.3 Å². The zero-order valence-electron chi connectivity index (χ0n) is 13.5. The molecule has 1 aromatic carbocycles. The molecule has 0 fully saturated rings. The zero-order chi connectivity index (χ0) is 20.5. The number of ketones is 1. The largest absolute Gasteiger partial charge is 0.434 e. The van der Waals surface area contributed by atoms with Crippen LogP contribution in [0.4, 0.5) is 23.2 Å². The van der Waals surface area contributed by atoms with Gasteiger partial charge in [-0.3, -0.25) is 9.59 Å². The van der Waals surface area contributed by atoms with Crippen LogP contribution in [0.2, 0.25) is 10.0 Å². The van der Waals surface area contributed by atoms with Crippen molar-refractivity contribution in [3.05, 3.63) is 57.1 Å². The lowest BCUT2D eigenvalue weighted by molar-refractivity contribution is -0.141. The lowest BCUT2D eigenvalue weighted by atomic mass is 10.0. The Balaban J connectivity index is 2.73. The summed E-state index contributed by atoms with van der Waals surface area (Å²) in [6, 6.07) is 2.24. The van der Waals surface area contributed by atoms with Crippen molar-refractivity contribution in [2.45, 2.75) is 19.1 Å². The summed E-state index contributed by atoms with van der Waals surface area (Å²) < 4.78 is 53.4. The molecule has 0 aliphatic rings. The van der Waals surface area contributed by atoms with Crippen LogP contribution >= 0.6 is 23.2 Å². The quantitative estimate of drug-likeness (QED) is 0.573. The summed E-state index contributed by atoms with van der Waals surface area (Å²) >= 11 is 11.6. The fraction of sp³-hybridized carbons (Fsp3) is 0.188. The molecule has 0 saturated carbocycles. The molecule has 0 spiro atoms. The number of carbonyl (C=O) groups excluding carboxylic acids is 2. The van der Waals surface area contributed by atoms with Gasteiger partial charge >= 0.3 is 6.18 Å². The summed E-state index contributed by atoms with van der Waals surface area (Å²) in [4.78, 5) is 27.7. The van der Waals surface area contributed by atoms with Gasteiger partial charge in [0.1, 0.15) is 5.82 Å². The molecular formula is C16H11Cl2F4N3O2. The number of alkyl halides is 3. The van der Waals surface area contributed by atoms with E-state index in [0.29, 0.717) is 6.20 Å². The van der Waals surface area contributed by atoms with Crippen molar-refractivity contribution in [2.75, 3.05) is 5.32 Å². The number of nitrogens with one attached hydrogen (secondary N) is 1. The van der Waals surface area contributed by atoms with E-state index in [1.165, 1.54) is 19.1 Å². The van der Waals surface area contributed by atoms with Crippen LogP contribution in [0.3, 0.4) is 0 Å². The maximum Gasteiger partial charge on any atom is 0.434 e. The third-order valence-corrected chi connectivity index (χ3v) is 4.06. The molecule has 1 heterocycles. The first-order valence-corrected chi connectivity index (χ1v) is 8.01. The molecule has 0 radical (unpaired) electrons. The second-order valence-electron chi connectivity index (χ2n) is 5.41. The van der Waals surface area contributed by atoms with E-state index in [1.807, 2.05) is 0 Å². The maximum atomic E-state index is 14.1. The number of carbonyl (C=O) groups is 2. The van der Waals surface area contributed by atoms with Gasteiger partial charge in [0.2, 0.25) is 11.7 Å². The molecule has 3 N–H and O–H groups in total. The third-order valence-electron chi connectivity index (χ3n) is 3.38. The Bertz CT molecular complexity index is 897. The molecule has 0 aliphatic heterocycles. The third kappa shape index (κ3) is 4.37. The van der Waals surface area contributed by atoms with Crippen molar-refractivity contribution in [1.82, 2.24) is 4.98 Å². The van der Waals surface area contributed by atoms with Crippen LogP contribution in [-0.4, -0.2) is 22.7 Å². The maximum absolute atomic E-state index is 14.1. The van der Waals surface area contributed by atoms with Crippen molar-refractivity contribution in [3.8, 4) is 0 Å². The van der Waals surface area contributed by atoms with Gasteiger partial charge in [0.15, 0.2) is 5.69 Å². The molecule has 11 heteroatoms. The number of rotatable bonds is 4. The SMILES string of the molecule is CC(N)C(=O)Nc1cnc(C(F)(F)F)c(Cl)c1C(=O)c1c(F)cccc1Cl. The van der Waals surface area contributed by atoms with Gasteiger partial charge in [-0.25, -0.2) is 9.37 Å². The molecule has 1 aromatic heterocycles. The molecular weight excluding hydrogens is 413 g/mol. The number of benzene rings is 1. The van der Waals surface area contributed by atoms with E-state index in [1.54, 1.807) is 0 Å². The molecule has 2 rings (SSSR count). The summed E-state index contributed by atoms with van der Waals surface area (Å²) in [7, 11) is 0. The number of hydrogen-bond acceptors (Lipinski definition) is 4. The highest BCUT2D eigenvalue weighted by Gasteiger charge is 2.38. The Morgan fingerprint density at radius 2 is 1.85 bits per heavy atom. The zero-order valence-corrected chi connectivity index (χ0v) is 15.0. The molecule has 5 nitrogen and oxygen atoms in total. The average molecular weight is 424 g/mol. The predicted octanol–water partition coefficient (Wildman–Crippen LogP) is 4.06. The van der Waals surface area contributed by atoms with Crippen molar-refractivity contribution >= 4 is 40.6 Å². The standard InChI is InChI=1S/C16H11Cl2F4N3O2/c1-6(23)15(27)25-9-5-24-14(16(20,21)22)12(18)11(9)13(26)10-7(17)3-2-4-8(10)19/h2-6H,23H2,1H3,(H,25,27). The topological polar surface area (TPSA) is 85.1 Å². The van der Waals surface area contributed by atoms with Crippen LogP contribution < -0.4 is 11.1 Å². The monoisotopic (exact) mass is 423 g/mol. The lowest BCUT2D eigenvalue weighted by Crippen LogP contribution is -2.33. The Kier molecular flexibility index (Phi) is 6.08. The van der Waals surface area contributed by atoms with Gasteiger partial charge in [0.25, 0.3) is 0 Å². The minimum absolute atomic E-state index is 0.342. The average Bonchev–Trinajstić information content (AvgIpc) is 2.53. The molecule has 1 amide bonds. The fourth-order valence-corrected chi connectivity index (χ4v) is 2.68. The molecule has 27 heavy (non-hydrogen) atoms. The smallest absolute Gasteiger partial charge is 0.323 e. The molecule has 0 saturated heterocycles. The van der Waals surface area contributed by atoms with E-state index in [4.69, 9.17) is 28.9 Å². The summed E-state index contributed by atoms with van der Waals surface area (Å²) in [5.74, 6) is -3.14. The van der Waals surface area contributed by atoms with Gasteiger partial charge in [0.05, 0.1) is 39.1 Å². The highest BCUT2D eigenvalue weighted by atomic mass is 35.5. The van der Waals surface area contributed by atoms with E-state index >= 15 is 0 Å². The van der Waals surface area contributed by atoms with Crippen LogP contribution in [0.25, 0.3) is 0 Å². The summed E-state index contributed by atoms with van der Waals surface area (Å²) in [5, 5.41) is 0.710. The van der Waals surface area contributed by atoms with Crippen molar-refractivity contribution in [3.63, 3.8) is 0 Å². The second kappa shape index (κ2) is 7.79. The van der Waals surface area contributed by atoms with Crippen molar-refractivity contribution < 1.29 is 27.2 Å². The van der Waals surface area contributed by atoms with Gasteiger partial charge in [0, 0.05) is 0 Å².